The van der Waals surface area contributed by atoms with Crippen LogP contribution in [0, 0.1) is 0 Å². The zero-order chi connectivity index (χ0) is 22.6. The molecule has 0 bridgehead atoms. The number of carbonyl (C=O) groups excluding carboxylic acids is 1. The van der Waals surface area contributed by atoms with Gasteiger partial charge in [0.1, 0.15) is 12.4 Å². The van der Waals surface area contributed by atoms with Crippen LogP contribution in [0.4, 0.5) is 13.2 Å². The lowest BCUT2D eigenvalue weighted by molar-refractivity contribution is -0.137. The fourth-order valence-electron chi connectivity index (χ4n) is 3.62. The molecule has 4 rings (SSSR count). The van der Waals surface area contributed by atoms with E-state index in [1.54, 1.807) is 11.0 Å². The van der Waals surface area contributed by atoms with Gasteiger partial charge in [0.05, 0.1) is 10.4 Å². The van der Waals surface area contributed by atoms with Gasteiger partial charge >= 0.3 is 6.18 Å². The smallest absolute Gasteiger partial charge is 0.416 e. The molecular formula is C24H23F3N2O2S. The van der Waals surface area contributed by atoms with Gasteiger partial charge in [-0.05, 0) is 35.2 Å². The monoisotopic (exact) mass is 460 g/mol. The van der Waals surface area contributed by atoms with Gasteiger partial charge in [-0.2, -0.15) is 13.2 Å². The minimum absolute atomic E-state index is 0.0142. The van der Waals surface area contributed by atoms with Gasteiger partial charge in [-0.1, -0.05) is 36.4 Å². The largest absolute Gasteiger partial charge is 0.489 e. The van der Waals surface area contributed by atoms with Crippen LogP contribution < -0.4 is 4.74 Å². The number of rotatable bonds is 6. The molecule has 3 aromatic rings. The third-order valence-electron chi connectivity index (χ3n) is 5.33. The second kappa shape index (κ2) is 9.75. The molecule has 4 nitrogen and oxygen atoms in total. The first-order valence-electron chi connectivity index (χ1n) is 10.3. The standard InChI is InChI=1S/C24H23F3N2O2S/c25-24(26,27)20-6-4-5-18(13-20)15-28-9-11-29(12-10-28)23(30)22-14-19(17-32-22)16-31-21-7-2-1-3-8-21/h1-8,13-14,17H,9-12,15-16H2. The van der Waals surface area contributed by atoms with Crippen molar-refractivity contribution < 1.29 is 22.7 Å². The van der Waals surface area contributed by atoms with E-state index >= 15 is 0 Å². The lowest BCUT2D eigenvalue weighted by Crippen LogP contribution is -2.48. The van der Waals surface area contributed by atoms with Crippen LogP contribution in [0.25, 0.3) is 0 Å². The minimum atomic E-state index is -4.34. The quantitative estimate of drug-likeness (QED) is 0.500. The van der Waals surface area contributed by atoms with Crippen LogP contribution in [0.3, 0.4) is 0 Å². The van der Waals surface area contributed by atoms with E-state index in [0.717, 1.165) is 17.4 Å². The predicted octanol–water partition coefficient (Wildman–Crippen LogP) is 5.30. The van der Waals surface area contributed by atoms with Crippen LogP contribution in [0.5, 0.6) is 5.75 Å². The molecule has 1 aliphatic heterocycles. The normalized spacial score (nSPS) is 15.0. The summed E-state index contributed by atoms with van der Waals surface area (Å²) in [7, 11) is 0. The van der Waals surface area contributed by atoms with Crippen LogP contribution in [-0.4, -0.2) is 41.9 Å². The third-order valence-corrected chi connectivity index (χ3v) is 6.30. The molecule has 0 radical (unpaired) electrons. The zero-order valence-electron chi connectivity index (χ0n) is 17.3. The lowest BCUT2D eigenvalue weighted by Gasteiger charge is -2.34. The molecule has 0 saturated carbocycles. The second-order valence-electron chi connectivity index (χ2n) is 7.69. The summed E-state index contributed by atoms with van der Waals surface area (Å²) in [6.45, 7) is 3.18. The van der Waals surface area contributed by atoms with Crippen molar-refractivity contribution in [1.29, 1.82) is 0 Å². The van der Waals surface area contributed by atoms with Crippen molar-refractivity contribution in [2.24, 2.45) is 0 Å². The molecule has 1 aromatic heterocycles. The van der Waals surface area contributed by atoms with E-state index < -0.39 is 11.7 Å². The molecule has 0 aliphatic carbocycles. The van der Waals surface area contributed by atoms with Gasteiger partial charge in [0.15, 0.2) is 0 Å². The Morgan fingerprint density at radius 2 is 1.69 bits per heavy atom. The number of alkyl halides is 3. The highest BCUT2D eigenvalue weighted by atomic mass is 32.1. The van der Waals surface area contributed by atoms with E-state index in [1.165, 1.54) is 23.5 Å². The summed E-state index contributed by atoms with van der Waals surface area (Å²) in [5.41, 5.74) is 0.944. The van der Waals surface area contributed by atoms with Crippen LogP contribution in [0.15, 0.2) is 66.0 Å². The van der Waals surface area contributed by atoms with Gasteiger partial charge < -0.3 is 9.64 Å². The maximum absolute atomic E-state index is 12.9. The van der Waals surface area contributed by atoms with E-state index in [1.807, 2.05) is 41.8 Å². The maximum Gasteiger partial charge on any atom is 0.416 e. The summed E-state index contributed by atoms with van der Waals surface area (Å²) in [6.07, 6.45) is -4.34. The summed E-state index contributed by atoms with van der Waals surface area (Å²) in [6, 6.07) is 16.8. The zero-order valence-corrected chi connectivity index (χ0v) is 18.2. The van der Waals surface area contributed by atoms with Crippen molar-refractivity contribution in [2.75, 3.05) is 26.2 Å². The Balaban J connectivity index is 1.28. The van der Waals surface area contributed by atoms with E-state index in [-0.39, 0.29) is 5.91 Å². The highest BCUT2D eigenvalue weighted by Crippen LogP contribution is 2.30. The first-order chi connectivity index (χ1) is 15.4. The topological polar surface area (TPSA) is 32.8 Å². The number of ether oxygens (including phenoxy) is 1. The number of hydrogen-bond acceptors (Lipinski definition) is 4. The number of benzene rings is 2. The van der Waals surface area contributed by atoms with Gasteiger partial charge in [0.2, 0.25) is 0 Å². The van der Waals surface area contributed by atoms with Crippen LogP contribution in [-0.2, 0) is 19.3 Å². The van der Waals surface area contributed by atoms with E-state index in [2.05, 4.69) is 4.90 Å². The number of nitrogens with zero attached hydrogens (tertiary/aromatic N) is 2. The number of carbonyl (C=O) groups is 1. The molecule has 2 aromatic carbocycles. The van der Waals surface area contributed by atoms with Gasteiger partial charge in [-0.15, -0.1) is 11.3 Å². The Hall–Kier alpha value is -2.84. The number of para-hydroxylation sites is 1. The molecule has 2 heterocycles. The number of piperazine rings is 1. The van der Waals surface area contributed by atoms with Crippen LogP contribution in [0.2, 0.25) is 0 Å². The molecule has 1 saturated heterocycles. The van der Waals surface area contributed by atoms with Crippen molar-refractivity contribution in [3.63, 3.8) is 0 Å². The first kappa shape index (κ1) is 22.4. The molecule has 0 unspecified atom stereocenters. The average Bonchev–Trinajstić information content (AvgIpc) is 3.27. The lowest BCUT2D eigenvalue weighted by atomic mass is 10.1. The summed E-state index contributed by atoms with van der Waals surface area (Å²) in [4.78, 5) is 17.4. The van der Waals surface area contributed by atoms with Gasteiger partial charge in [0.25, 0.3) is 5.91 Å². The number of amides is 1. The van der Waals surface area contributed by atoms with Crippen molar-refractivity contribution in [3.8, 4) is 5.75 Å². The SMILES string of the molecule is O=C(c1cc(COc2ccccc2)cs1)N1CCN(Cc2cccc(C(F)(F)F)c2)CC1. The van der Waals surface area contributed by atoms with E-state index in [0.29, 0.717) is 49.8 Å². The molecular weight excluding hydrogens is 437 g/mol. The fraction of sp³-hybridized carbons (Fsp3) is 0.292. The van der Waals surface area contributed by atoms with E-state index in [9.17, 15) is 18.0 Å². The molecule has 0 spiro atoms. The van der Waals surface area contributed by atoms with Crippen molar-refractivity contribution in [1.82, 2.24) is 9.80 Å². The predicted molar refractivity (Wildman–Crippen MR) is 118 cm³/mol. The molecule has 0 N–H and O–H groups in total. The molecule has 0 atom stereocenters. The van der Waals surface area contributed by atoms with Crippen molar-refractivity contribution in [3.05, 3.63) is 87.6 Å². The van der Waals surface area contributed by atoms with Gasteiger partial charge in [-0.3, -0.25) is 9.69 Å². The van der Waals surface area contributed by atoms with Crippen molar-refractivity contribution in [2.45, 2.75) is 19.3 Å². The summed E-state index contributed by atoms with van der Waals surface area (Å²) >= 11 is 1.40. The summed E-state index contributed by atoms with van der Waals surface area (Å²) < 4.78 is 44.5. The fourth-order valence-corrected chi connectivity index (χ4v) is 4.48. The molecule has 8 heteroatoms. The van der Waals surface area contributed by atoms with E-state index in [4.69, 9.17) is 4.74 Å². The highest BCUT2D eigenvalue weighted by molar-refractivity contribution is 7.12. The summed E-state index contributed by atoms with van der Waals surface area (Å²) in [5, 5.41) is 1.93. The maximum atomic E-state index is 12.9. The highest BCUT2D eigenvalue weighted by Gasteiger charge is 2.30. The Bertz CT molecular complexity index is 1040. The average molecular weight is 461 g/mol. The van der Waals surface area contributed by atoms with Gasteiger partial charge in [-0.25, -0.2) is 0 Å². The molecule has 1 amide bonds. The Morgan fingerprint density at radius 1 is 0.938 bits per heavy atom. The summed E-state index contributed by atoms with van der Waals surface area (Å²) in [5.74, 6) is 0.767. The first-order valence-corrected chi connectivity index (χ1v) is 11.2. The second-order valence-corrected chi connectivity index (χ2v) is 8.60. The number of hydrogen-bond donors (Lipinski definition) is 0. The Labute approximate surface area is 188 Å². The minimum Gasteiger partial charge on any atom is -0.489 e. The molecule has 32 heavy (non-hydrogen) atoms. The molecule has 1 fully saturated rings. The van der Waals surface area contributed by atoms with Crippen molar-refractivity contribution >= 4 is 17.2 Å². The van der Waals surface area contributed by atoms with Gasteiger partial charge in [0, 0.05) is 38.3 Å². The molecule has 1 aliphatic rings. The Kier molecular flexibility index (Phi) is 6.81. The Morgan fingerprint density at radius 3 is 2.41 bits per heavy atom. The van der Waals surface area contributed by atoms with Crippen LogP contribution in [0.1, 0.15) is 26.4 Å². The number of halogens is 3. The molecule has 168 valence electrons. The number of thiophene rings is 1. The third kappa shape index (κ3) is 5.69. The van der Waals surface area contributed by atoms with Crippen LogP contribution >= 0.6 is 11.3 Å².